The summed E-state index contributed by atoms with van der Waals surface area (Å²) in [7, 11) is 3.14. The van der Waals surface area contributed by atoms with Gasteiger partial charge < -0.3 is 13.9 Å². The van der Waals surface area contributed by atoms with E-state index < -0.39 is 11.0 Å². The summed E-state index contributed by atoms with van der Waals surface area (Å²) in [5.74, 6) is 1.53. The van der Waals surface area contributed by atoms with Crippen molar-refractivity contribution in [2.75, 3.05) is 14.2 Å². The number of fused-ring (bicyclic) bond motifs is 2. The van der Waals surface area contributed by atoms with Crippen LogP contribution in [0.15, 0.2) is 80.7 Å². The molecule has 0 aliphatic carbocycles. The number of ether oxygens (including phenoxy) is 2. The lowest BCUT2D eigenvalue weighted by molar-refractivity contribution is 0.354. The monoisotopic (exact) mass is 488 g/mol. The first-order valence-electron chi connectivity index (χ1n) is 10.9. The Morgan fingerprint density at radius 3 is 2.46 bits per heavy atom. The number of benzene rings is 3. The summed E-state index contributed by atoms with van der Waals surface area (Å²) in [4.78, 5) is 31.6. The first kappa shape index (κ1) is 22.7. The third-order valence-electron chi connectivity index (χ3n) is 5.89. The van der Waals surface area contributed by atoms with E-state index in [1.165, 1.54) is 4.57 Å². The summed E-state index contributed by atoms with van der Waals surface area (Å²) in [6.07, 6.45) is 0.476. The van der Waals surface area contributed by atoms with Crippen molar-refractivity contribution in [2.45, 2.75) is 13.0 Å². The zero-order valence-corrected chi connectivity index (χ0v) is 19.8. The predicted molar refractivity (Wildman–Crippen MR) is 136 cm³/mol. The van der Waals surface area contributed by atoms with Crippen molar-refractivity contribution in [1.82, 2.24) is 9.55 Å². The van der Waals surface area contributed by atoms with Gasteiger partial charge in [-0.1, -0.05) is 41.9 Å². The van der Waals surface area contributed by atoms with Crippen LogP contribution in [-0.4, -0.2) is 23.8 Å². The van der Waals surface area contributed by atoms with Crippen molar-refractivity contribution in [3.63, 3.8) is 0 Å². The summed E-state index contributed by atoms with van der Waals surface area (Å²) in [5.41, 5.74) is 0.942. The molecule has 2 aromatic heterocycles. The van der Waals surface area contributed by atoms with E-state index in [4.69, 9.17) is 25.5 Å². The van der Waals surface area contributed by atoms with Gasteiger partial charge in [-0.25, -0.2) is 0 Å². The highest BCUT2D eigenvalue weighted by Gasteiger charge is 2.20. The van der Waals surface area contributed by atoms with E-state index in [1.807, 2.05) is 24.3 Å². The minimum Gasteiger partial charge on any atom is -0.493 e. The number of aryl methyl sites for hydroxylation is 1. The second-order valence-electron chi connectivity index (χ2n) is 7.92. The van der Waals surface area contributed by atoms with Crippen molar-refractivity contribution in [1.29, 1.82) is 0 Å². The molecule has 0 bridgehead atoms. The molecule has 0 saturated heterocycles. The SMILES string of the molecule is COc1ccc(CCn2c(-c3ccccc3Cl)nc3oc4ccccc4c(=O)c3c2=O)cc1OC. The molecule has 0 aliphatic heterocycles. The van der Waals surface area contributed by atoms with Gasteiger partial charge in [-0.15, -0.1) is 0 Å². The minimum atomic E-state index is -0.482. The third-order valence-corrected chi connectivity index (χ3v) is 6.22. The lowest BCUT2D eigenvalue weighted by atomic mass is 10.1. The maximum atomic E-state index is 13.7. The van der Waals surface area contributed by atoms with E-state index >= 15 is 0 Å². The molecule has 0 atom stereocenters. The van der Waals surface area contributed by atoms with Crippen LogP contribution in [0.3, 0.4) is 0 Å². The van der Waals surface area contributed by atoms with Gasteiger partial charge in [-0.3, -0.25) is 14.2 Å². The van der Waals surface area contributed by atoms with Gasteiger partial charge in [-0.2, -0.15) is 4.98 Å². The summed E-state index contributed by atoms with van der Waals surface area (Å²) in [6, 6.07) is 19.5. The molecule has 35 heavy (non-hydrogen) atoms. The number of aromatic nitrogens is 2. The van der Waals surface area contributed by atoms with E-state index in [0.29, 0.717) is 45.3 Å². The zero-order chi connectivity index (χ0) is 24.5. The third kappa shape index (κ3) is 4.04. The van der Waals surface area contributed by atoms with E-state index in [0.717, 1.165) is 5.56 Å². The first-order chi connectivity index (χ1) is 17.0. The van der Waals surface area contributed by atoms with Crippen molar-refractivity contribution < 1.29 is 13.9 Å². The Balaban J connectivity index is 1.71. The van der Waals surface area contributed by atoms with Crippen molar-refractivity contribution in [3.05, 3.63) is 97.9 Å². The molecule has 0 amide bonds. The van der Waals surface area contributed by atoms with E-state index in [-0.39, 0.29) is 17.6 Å². The number of methoxy groups -OCH3 is 2. The molecule has 7 nitrogen and oxygen atoms in total. The Bertz CT molecular complexity index is 1690. The van der Waals surface area contributed by atoms with Gasteiger partial charge in [0.15, 0.2) is 16.9 Å². The zero-order valence-electron chi connectivity index (χ0n) is 19.1. The Hall–Kier alpha value is -4.10. The molecule has 0 spiro atoms. The Labute approximate surface area is 205 Å². The molecule has 0 aliphatic rings. The van der Waals surface area contributed by atoms with Crippen LogP contribution in [0.5, 0.6) is 11.5 Å². The predicted octanol–water partition coefficient (Wildman–Crippen LogP) is 5.08. The molecule has 0 radical (unpaired) electrons. The van der Waals surface area contributed by atoms with Crippen molar-refractivity contribution in [3.8, 4) is 22.9 Å². The van der Waals surface area contributed by atoms with E-state index in [2.05, 4.69) is 4.98 Å². The summed E-state index contributed by atoms with van der Waals surface area (Å²) < 4.78 is 18.1. The second kappa shape index (κ2) is 9.27. The number of para-hydroxylation sites is 1. The summed E-state index contributed by atoms with van der Waals surface area (Å²) in [5, 5.41) is 0.671. The molecule has 0 N–H and O–H groups in total. The van der Waals surface area contributed by atoms with Crippen LogP contribution in [0.25, 0.3) is 33.5 Å². The molecule has 0 fully saturated rings. The molecule has 0 unspecified atom stereocenters. The van der Waals surface area contributed by atoms with Gasteiger partial charge >= 0.3 is 0 Å². The average Bonchev–Trinajstić information content (AvgIpc) is 2.88. The minimum absolute atomic E-state index is 0.0176. The maximum Gasteiger partial charge on any atom is 0.269 e. The molecule has 3 aromatic carbocycles. The Morgan fingerprint density at radius 1 is 0.943 bits per heavy atom. The number of halogens is 1. The highest BCUT2D eigenvalue weighted by atomic mass is 35.5. The van der Waals surface area contributed by atoms with E-state index in [1.54, 1.807) is 56.7 Å². The number of nitrogens with zero attached hydrogens (tertiary/aromatic N) is 2. The molecule has 5 aromatic rings. The highest BCUT2D eigenvalue weighted by molar-refractivity contribution is 6.33. The fraction of sp³-hybridized carbons (Fsp3) is 0.148. The summed E-state index contributed by atoms with van der Waals surface area (Å²) in [6.45, 7) is 0.254. The molecule has 2 heterocycles. The van der Waals surface area contributed by atoms with Gasteiger partial charge in [0.2, 0.25) is 11.1 Å². The smallest absolute Gasteiger partial charge is 0.269 e. The molecule has 5 rings (SSSR count). The summed E-state index contributed by atoms with van der Waals surface area (Å²) >= 11 is 6.47. The quantitative estimate of drug-likeness (QED) is 0.310. The normalized spacial score (nSPS) is 11.2. The molecule has 0 saturated carbocycles. The van der Waals surface area contributed by atoms with Crippen LogP contribution in [-0.2, 0) is 13.0 Å². The number of rotatable bonds is 6. The number of hydrogen-bond acceptors (Lipinski definition) is 6. The van der Waals surface area contributed by atoms with Gasteiger partial charge in [0, 0.05) is 12.1 Å². The van der Waals surface area contributed by atoms with Crippen LogP contribution >= 0.6 is 11.6 Å². The molecular weight excluding hydrogens is 468 g/mol. The first-order valence-corrected chi connectivity index (χ1v) is 11.3. The standard InChI is InChI=1S/C27H21ClN2O5/c1-33-21-12-11-16(15-22(21)34-2)13-14-30-25(17-7-3-5-9-19(17)28)29-26-23(27(30)32)24(31)18-8-4-6-10-20(18)35-26/h3-12,15H,13-14H2,1-2H3. The maximum absolute atomic E-state index is 13.7. The molecular formula is C27H21ClN2O5. The van der Waals surface area contributed by atoms with Crippen LogP contribution in [0.4, 0.5) is 0 Å². The fourth-order valence-electron chi connectivity index (χ4n) is 4.12. The Morgan fingerprint density at radius 2 is 1.69 bits per heavy atom. The molecule has 8 heteroatoms. The molecule has 176 valence electrons. The van der Waals surface area contributed by atoms with Crippen molar-refractivity contribution >= 4 is 33.7 Å². The average molecular weight is 489 g/mol. The fourth-order valence-corrected chi connectivity index (χ4v) is 4.34. The number of hydrogen-bond donors (Lipinski definition) is 0. The van der Waals surface area contributed by atoms with E-state index in [9.17, 15) is 9.59 Å². The lowest BCUT2D eigenvalue weighted by Crippen LogP contribution is -2.28. The van der Waals surface area contributed by atoms with Gasteiger partial charge in [0.05, 0.1) is 24.6 Å². The Kier molecular flexibility index (Phi) is 6.01. The van der Waals surface area contributed by atoms with Crippen LogP contribution in [0.1, 0.15) is 5.56 Å². The highest BCUT2D eigenvalue weighted by Crippen LogP contribution is 2.29. The largest absolute Gasteiger partial charge is 0.493 e. The van der Waals surface area contributed by atoms with Gasteiger partial charge in [0.25, 0.3) is 5.56 Å². The van der Waals surface area contributed by atoms with Crippen LogP contribution in [0.2, 0.25) is 5.02 Å². The van der Waals surface area contributed by atoms with Gasteiger partial charge in [0.1, 0.15) is 11.4 Å². The topological polar surface area (TPSA) is 83.6 Å². The van der Waals surface area contributed by atoms with Crippen LogP contribution < -0.4 is 20.5 Å². The second-order valence-corrected chi connectivity index (χ2v) is 8.33. The van der Waals surface area contributed by atoms with Crippen LogP contribution in [0, 0.1) is 0 Å². The van der Waals surface area contributed by atoms with Crippen molar-refractivity contribution in [2.24, 2.45) is 0 Å². The lowest BCUT2D eigenvalue weighted by Gasteiger charge is -2.15. The van der Waals surface area contributed by atoms with Gasteiger partial charge in [-0.05, 0) is 48.4 Å².